The predicted octanol–water partition coefficient (Wildman–Crippen LogP) is 5.20. The summed E-state index contributed by atoms with van der Waals surface area (Å²) in [5.74, 6) is -8.88. The van der Waals surface area contributed by atoms with Crippen molar-refractivity contribution in [2.24, 2.45) is 0 Å². The summed E-state index contributed by atoms with van der Waals surface area (Å²) in [6, 6.07) is 3.26. The minimum atomic E-state index is -1.56. The van der Waals surface area contributed by atoms with Crippen molar-refractivity contribution in [1.29, 1.82) is 0 Å². The number of rotatable bonds is 6. The number of amides is 2. The topological polar surface area (TPSA) is 93.1 Å². The zero-order valence-electron chi connectivity index (χ0n) is 19.1. The summed E-state index contributed by atoms with van der Waals surface area (Å²) < 4.78 is 69.8. The van der Waals surface area contributed by atoms with Crippen LogP contribution < -0.4 is 14.4 Å². The molecule has 2 aromatic carbocycles. The molecule has 0 bridgehead atoms. The lowest BCUT2D eigenvalue weighted by molar-refractivity contribution is -0.117. The number of methoxy groups -OCH3 is 1. The van der Waals surface area contributed by atoms with Crippen molar-refractivity contribution in [2.75, 3.05) is 12.0 Å². The quantitative estimate of drug-likeness (QED) is 0.345. The molecular weight excluding hydrogens is 518 g/mol. The first-order valence-corrected chi connectivity index (χ1v) is 11.9. The number of benzene rings is 2. The van der Waals surface area contributed by atoms with E-state index in [0.717, 1.165) is 23.5 Å². The van der Waals surface area contributed by atoms with Crippen LogP contribution in [0.3, 0.4) is 0 Å². The van der Waals surface area contributed by atoms with Gasteiger partial charge in [-0.05, 0) is 42.3 Å². The van der Waals surface area contributed by atoms with Crippen molar-refractivity contribution in [3.8, 4) is 11.5 Å². The largest absolute Gasteiger partial charge is 0.496 e. The fraction of sp³-hybridized carbons (Fsp3) is 0.240. The van der Waals surface area contributed by atoms with Crippen LogP contribution in [0.1, 0.15) is 50.4 Å². The number of nitrogens with zero attached hydrogens (tertiary/aromatic N) is 1. The number of carboxylic acids is 1. The molecule has 1 N–H and O–H groups in total. The lowest BCUT2D eigenvalue weighted by atomic mass is 9.74. The van der Waals surface area contributed by atoms with Crippen LogP contribution in [-0.2, 0) is 16.8 Å². The Morgan fingerprint density at radius 2 is 1.78 bits per heavy atom. The molecule has 0 spiro atoms. The third-order valence-electron chi connectivity index (χ3n) is 6.51. The highest BCUT2D eigenvalue weighted by atomic mass is 32.1. The molecule has 1 aromatic heterocycles. The van der Waals surface area contributed by atoms with E-state index in [0.29, 0.717) is 17.4 Å². The lowest BCUT2D eigenvalue weighted by Gasteiger charge is -2.43. The molecular formula is C25H17F4NO6S. The van der Waals surface area contributed by atoms with E-state index in [1.807, 2.05) is 0 Å². The Bertz CT molecular complexity index is 1480. The summed E-state index contributed by atoms with van der Waals surface area (Å²) in [6.45, 7) is 0. The molecule has 37 heavy (non-hydrogen) atoms. The molecule has 1 aliphatic heterocycles. The summed E-state index contributed by atoms with van der Waals surface area (Å²) >= 11 is 0.753. The zero-order chi connectivity index (χ0) is 26.6. The molecule has 0 saturated heterocycles. The fourth-order valence-corrected chi connectivity index (χ4v) is 5.53. The molecule has 1 fully saturated rings. The minimum absolute atomic E-state index is 0.0334. The first kappa shape index (κ1) is 24.8. The Labute approximate surface area is 210 Å². The van der Waals surface area contributed by atoms with Crippen LogP contribution in [0.4, 0.5) is 23.2 Å². The van der Waals surface area contributed by atoms with Crippen molar-refractivity contribution >= 4 is 34.8 Å². The van der Waals surface area contributed by atoms with Gasteiger partial charge in [-0.3, -0.25) is 9.59 Å². The summed E-state index contributed by atoms with van der Waals surface area (Å²) in [4.78, 5) is 37.6. The predicted molar refractivity (Wildman–Crippen MR) is 122 cm³/mol. The highest BCUT2D eigenvalue weighted by Gasteiger charge is 2.47. The number of ether oxygens (including phenoxy) is 2. The van der Waals surface area contributed by atoms with Gasteiger partial charge in [0.25, 0.3) is 5.91 Å². The first-order valence-electron chi connectivity index (χ1n) is 11.0. The molecule has 2 amide bonds. The molecule has 2 heterocycles. The Kier molecular flexibility index (Phi) is 5.94. The van der Waals surface area contributed by atoms with E-state index in [9.17, 15) is 37.1 Å². The van der Waals surface area contributed by atoms with Crippen molar-refractivity contribution in [3.63, 3.8) is 0 Å². The van der Waals surface area contributed by atoms with Gasteiger partial charge in [0.15, 0.2) is 29.0 Å². The van der Waals surface area contributed by atoms with Gasteiger partial charge in [-0.15, -0.1) is 11.3 Å². The van der Waals surface area contributed by atoms with E-state index in [1.165, 1.54) is 18.6 Å². The van der Waals surface area contributed by atoms with Crippen LogP contribution in [0.2, 0.25) is 0 Å². The molecule has 0 radical (unpaired) electrons. The highest BCUT2D eigenvalue weighted by Crippen LogP contribution is 2.50. The number of carbonyl (C=O) groups is 3. The second-order valence-corrected chi connectivity index (χ2v) is 9.48. The summed E-state index contributed by atoms with van der Waals surface area (Å²) in [6.07, 6.45) is 0.444. The van der Waals surface area contributed by atoms with E-state index >= 15 is 0 Å². The average molecular weight is 535 g/mol. The number of halogens is 4. The van der Waals surface area contributed by atoms with Crippen LogP contribution in [0, 0.1) is 23.3 Å². The SMILES string of the molecule is COc1ccc(F)c(F)c1C1(Oc2cc(N3C(=O)Cc4csc(C(=O)O)c4C3=O)c(F)cc2F)CCC1. The number of fused-ring (bicyclic) bond motifs is 1. The number of hydrogen-bond donors (Lipinski definition) is 1. The van der Waals surface area contributed by atoms with Crippen LogP contribution in [0.5, 0.6) is 11.5 Å². The number of carbonyl (C=O) groups excluding carboxylic acids is 2. The standard InChI is InChI=1S/C25H17F4NO6S/c1-35-16-4-3-12(26)21(29)20(16)25(5-2-6-25)36-17-9-15(13(27)8-14(17)28)30-18(31)7-11-10-37-22(24(33)34)19(11)23(30)32/h3-4,8-10H,2,5-7H2,1H3,(H,33,34). The maximum atomic E-state index is 14.9. The van der Waals surface area contributed by atoms with Gasteiger partial charge in [0.1, 0.15) is 16.2 Å². The molecule has 0 unspecified atom stereocenters. The maximum Gasteiger partial charge on any atom is 0.346 e. The number of thiophene rings is 1. The van der Waals surface area contributed by atoms with Gasteiger partial charge in [-0.2, -0.15) is 0 Å². The Morgan fingerprint density at radius 1 is 1.05 bits per heavy atom. The van der Waals surface area contributed by atoms with Gasteiger partial charge in [0.2, 0.25) is 5.91 Å². The van der Waals surface area contributed by atoms with Gasteiger partial charge in [-0.1, -0.05) is 0 Å². The van der Waals surface area contributed by atoms with Crippen molar-refractivity contribution in [3.05, 3.63) is 74.5 Å². The molecule has 12 heteroatoms. The molecule has 0 atom stereocenters. The van der Waals surface area contributed by atoms with Gasteiger partial charge in [-0.25, -0.2) is 27.3 Å². The molecule has 5 rings (SSSR count). The third kappa shape index (κ3) is 3.82. The van der Waals surface area contributed by atoms with Gasteiger partial charge >= 0.3 is 5.97 Å². The Hall–Kier alpha value is -3.93. The summed E-state index contributed by atoms with van der Waals surface area (Å²) in [5, 5.41) is 10.8. The number of carboxylic acid groups (broad SMARTS) is 1. The second-order valence-electron chi connectivity index (χ2n) is 8.60. The van der Waals surface area contributed by atoms with Gasteiger partial charge in [0, 0.05) is 12.1 Å². The van der Waals surface area contributed by atoms with E-state index in [2.05, 4.69) is 0 Å². The summed E-state index contributed by atoms with van der Waals surface area (Å²) in [5.41, 5.74) is -2.56. The molecule has 1 saturated carbocycles. The molecule has 2 aliphatic rings. The van der Waals surface area contributed by atoms with Crippen molar-refractivity contribution in [2.45, 2.75) is 31.3 Å². The average Bonchev–Trinajstić information content (AvgIpc) is 3.25. The number of aromatic carboxylic acids is 1. The number of hydrogen-bond acceptors (Lipinski definition) is 6. The Morgan fingerprint density at radius 3 is 2.41 bits per heavy atom. The monoisotopic (exact) mass is 535 g/mol. The minimum Gasteiger partial charge on any atom is -0.496 e. The van der Waals surface area contributed by atoms with E-state index in [1.54, 1.807) is 0 Å². The van der Waals surface area contributed by atoms with Gasteiger partial charge < -0.3 is 14.6 Å². The van der Waals surface area contributed by atoms with Crippen LogP contribution in [-0.4, -0.2) is 30.0 Å². The number of imide groups is 1. The number of anilines is 1. The van der Waals surface area contributed by atoms with Crippen LogP contribution >= 0.6 is 11.3 Å². The molecule has 192 valence electrons. The lowest BCUT2D eigenvalue weighted by Crippen LogP contribution is -2.43. The van der Waals surface area contributed by atoms with Crippen molar-refractivity contribution < 1.29 is 46.5 Å². The van der Waals surface area contributed by atoms with E-state index < -0.39 is 58.1 Å². The van der Waals surface area contributed by atoms with Crippen LogP contribution in [0.25, 0.3) is 0 Å². The zero-order valence-corrected chi connectivity index (χ0v) is 19.9. The van der Waals surface area contributed by atoms with Gasteiger partial charge in [0.05, 0.1) is 30.3 Å². The first-order chi connectivity index (χ1) is 17.6. The fourth-order valence-electron chi connectivity index (χ4n) is 4.63. The van der Waals surface area contributed by atoms with E-state index in [-0.39, 0.29) is 46.6 Å². The second kappa shape index (κ2) is 8.87. The smallest absolute Gasteiger partial charge is 0.346 e. The highest BCUT2D eigenvalue weighted by molar-refractivity contribution is 7.12. The summed E-state index contributed by atoms with van der Waals surface area (Å²) in [7, 11) is 1.25. The van der Waals surface area contributed by atoms with E-state index in [4.69, 9.17) is 9.47 Å². The Balaban J connectivity index is 1.59. The maximum absolute atomic E-state index is 14.9. The van der Waals surface area contributed by atoms with Crippen LogP contribution in [0.15, 0.2) is 29.6 Å². The molecule has 3 aromatic rings. The van der Waals surface area contributed by atoms with Crippen molar-refractivity contribution in [1.82, 2.24) is 0 Å². The normalized spacial score (nSPS) is 16.3. The third-order valence-corrected chi connectivity index (χ3v) is 7.53. The molecule has 1 aliphatic carbocycles. The molecule has 7 nitrogen and oxygen atoms in total.